The standard InChI is InChI=1S/C20H28O4/c1-18-7-5-12(21)9-11(18)3-4-14-13(18)6-8-19(2)16-15-10-22-17(16)24-20(14,19)23-15/h3,12-17,21H,4-10H2,1-2H3. The molecule has 0 aromatic carbocycles. The normalized spacial score (nSPS) is 63.5. The highest BCUT2D eigenvalue weighted by molar-refractivity contribution is 5.28. The van der Waals surface area contributed by atoms with Crippen molar-refractivity contribution >= 4 is 0 Å². The SMILES string of the molecule is CC12CCC(O)CC1=CCC1C2CCC2(C)C3C4COC3OC12O4. The van der Waals surface area contributed by atoms with Crippen LogP contribution < -0.4 is 0 Å². The van der Waals surface area contributed by atoms with Crippen molar-refractivity contribution in [2.45, 2.75) is 76.7 Å². The Kier molecular flexibility index (Phi) is 2.62. The number of aliphatic hydroxyl groups is 1. The van der Waals surface area contributed by atoms with Crippen LogP contribution in [0.2, 0.25) is 0 Å². The zero-order chi connectivity index (χ0) is 16.3. The van der Waals surface area contributed by atoms with E-state index in [2.05, 4.69) is 19.9 Å². The Hall–Kier alpha value is -0.420. The van der Waals surface area contributed by atoms with E-state index in [0.717, 1.165) is 25.7 Å². The maximum Gasteiger partial charge on any atom is 0.181 e. The number of hydrogen-bond donors (Lipinski definition) is 1. The molecule has 2 saturated carbocycles. The minimum atomic E-state index is -0.437. The van der Waals surface area contributed by atoms with E-state index in [1.165, 1.54) is 18.4 Å². The third-order valence-electron chi connectivity index (χ3n) is 8.84. The second kappa shape index (κ2) is 4.28. The van der Waals surface area contributed by atoms with Gasteiger partial charge >= 0.3 is 0 Å². The maximum absolute atomic E-state index is 10.1. The summed E-state index contributed by atoms with van der Waals surface area (Å²) in [4.78, 5) is 0. The Morgan fingerprint density at radius 3 is 2.83 bits per heavy atom. The molecule has 3 saturated heterocycles. The Morgan fingerprint density at radius 2 is 2.00 bits per heavy atom. The van der Waals surface area contributed by atoms with Crippen LogP contribution in [-0.2, 0) is 14.2 Å². The Labute approximate surface area is 143 Å². The van der Waals surface area contributed by atoms with Gasteiger partial charge in [-0.05, 0) is 49.9 Å². The predicted octanol–water partition coefficient (Wildman–Crippen LogP) is 3.00. The lowest BCUT2D eigenvalue weighted by molar-refractivity contribution is -0.331. The smallest absolute Gasteiger partial charge is 0.181 e. The first-order chi connectivity index (χ1) is 11.5. The minimum absolute atomic E-state index is 0.0427. The van der Waals surface area contributed by atoms with E-state index in [0.29, 0.717) is 24.4 Å². The van der Waals surface area contributed by atoms with Gasteiger partial charge in [-0.1, -0.05) is 25.5 Å². The molecule has 3 aliphatic heterocycles. The molecule has 2 bridgehead atoms. The van der Waals surface area contributed by atoms with Gasteiger partial charge in [0.1, 0.15) is 0 Å². The fourth-order valence-electron chi connectivity index (χ4n) is 7.59. The van der Waals surface area contributed by atoms with Crippen LogP contribution >= 0.6 is 0 Å². The van der Waals surface area contributed by atoms with E-state index in [9.17, 15) is 5.11 Å². The van der Waals surface area contributed by atoms with Crippen molar-refractivity contribution in [1.29, 1.82) is 0 Å². The molecule has 9 atom stereocenters. The summed E-state index contributed by atoms with van der Waals surface area (Å²) >= 11 is 0. The fourth-order valence-corrected chi connectivity index (χ4v) is 7.59. The molecule has 4 heteroatoms. The molecule has 9 unspecified atom stereocenters. The first kappa shape index (κ1) is 14.7. The third-order valence-corrected chi connectivity index (χ3v) is 8.84. The molecular weight excluding hydrogens is 304 g/mol. The van der Waals surface area contributed by atoms with Crippen molar-refractivity contribution in [1.82, 2.24) is 0 Å². The molecule has 0 amide bonds. The van der Waals surface area contributed by atoms with Gasteiger partial charge in [0.15, 0.2) is 12.1 Å². The van der Waals surface area contributed by atoms with Crippen molar-refractivity contribution in [3.63, 3.8) is 0 Å². The van der Waals surface area contributed by atoms with E-state index in [1.54, 1.807) is 0 Å². The molecule has 0 radical (unpaired) electrons. The molecule has 0 aromatic heterocycles. The van der Waals surface area contributed by atoms with Crippen LogP contribution in [0.1, 0.15) is 52.4 Å². The van der Waals surface area contributed by atoms with Gasteiger partial charge < -0.3 is 19.3 Å². The van der Waals surface area contributed by atoms with Crippen LogP contribution in [0.4, 0.5) is 0 Å². The topological polar surface area (TPSA) is 47.9 Å². The second-order valence-corrected chi connectivity index (χ2v) is 9.62. The summed E-state index contributed by atoms with van der Waals surface area (Å²) in [7, 11) is 0. The molecule has 0 aromatic rings. The summed E-state index contributed by atoms with van der Waals surface area (Å²) in [5.74, 6) is 1.02. The van der Waals surface area contributed by atoms with E-state index in [1.807, 2.05) is 0 Å². The molecule has 6 rings (SSSR count). The van der Waals surface area contributed by atoms with Gasteiger partial charge in [0.2, 0.25) is 0 Å². The average molecular weight is 332 g/mol. The van der Waals surface area contributed by atoms with Crippen LogP contribution in [0.5, 0.6) is 0 Å². The first-order valence-electron chi connectivity index (χ1n) is 9.83. The summed E-state index contributed by atoms with van der Waals surface area (Å²) < 4.78 is 19.1. The molecule has 1 N–H and O–H groups in total. The van der Waals surface area contributed by atoms with Crippen LogP contribution in [0.15, 0.2) is 11.6 Å². The zero-order valence-electron chi connectivity index (χ0n) is 14.7. The lowest BCUT2D eigenvalue weighted by atomic mass is 9.48. The number of rotatable bonds is 0. The molecule has 0 spiro atoms. The van der Waals surface area contributed by atoms with Crippen molar-refractivity contribution in [2.24, 2.45) is 28.6 Å². The number of allylic oxidation sites excluding steroid dienone is 1. The molecule has 132 valence electrons. The molecule has 3 aliphatic carbocycles. The van der Waals surface area contributed by atoms with E-state index < -0.39 is 5.79 Å². The largest absolute Gasteiger partial charge is 0.393 e. The highest BCUT2D eigenvalue weighted by Crippen LogP contribution is 2.73. The highest BCUT2D eigenvalue weighted by atomic mass is 16.8. The minimum Gasteiger partial charge on any atom is -0.393 e. The van der Waals surface area contributed by atoms with Gasteiger partial charge in [0, 0.05) is 17.3 Å². The van der Waals surface area contributed by atoms with Gasteiger partial charge in [-0.3, -0.25) is 0 Å². The van der Waals surface area contributed by atoms with Crippen LogP contribution in [0, 0.1) is 28.6 Å². The molecule has 3 heterocycles. The number of ether oxygens (including phenoxy) is 3. The second-order valence-electron chi connectivity index (χ2n) is 9.62. The quantitative estimate of drug-likeness (QED) is 0.693. The van der Waals surface area contributed by atoms with E-state index in [-0.39, 0.29) is 29.3 Å². The van der Waals surface area contributed by atoms with Crippen LogP contribution in [0.3, 0.4) is 0 Å². The molecule has 5 fully saturated rings. The summed E-state index contributed by atoms with van der Waals surface area (Å²) in [5.41, 5.74) is 1.82. The summed E-state index contributed by atoms with van der Waals surface area (Å²) in [6, 6.07) is 0. The number of fused-ring (bicyclic) bond motifs is 3. The predicted molar refractivity (Wildman–Crippen MR) is 86.9 cm³/mol. The Morgan fingerprint density at radius 1 is 1.12 bits per heavy atom. The first-order valence-corrected chi connectivity index (χ1v) is 9.83. The summed E-state index contributed by atoms with van der Waals surface area (Å²) in [6.45, 7) is 5.54. The zero-order valence-corrected chi connectivity index (χ0v) is 14.7. The summed E-state index contributed by atoms with van der Waals surface area (Å²) in [6.07, 6.45) is 8.83. The summed E-state index contributed by atoms with van der Waals surface area (Å²) in [5, 5.41) is 10.1. The molecule has 4 nitrogen and oxygen atoms in total. The van der Waals surface area contributed by atoms with Crippen molar-refractivity contribution in [3.05, 3.63) is 11.6 Å². The lowest BCUT2D eigenvalue weighted by Gasteiger charge is -2.59. The van der Waals surface area contributed by atoms with E-state index in [4.69, 9.17) is 14.2 Å². The number of hydrogen-bond acceptors (Lipinski definition) is 4. The maximum atomic E-state index is 10.1. The Bertz CT molecular complexity index is 615. The van der Waals surface area contributed by atoms with Gasteiger partial charge in [-0.25, -0.2) is 0 Å². The van der Waals surface area contributed by atoms with Gasteiger partial charge in [-0.15, -0.1) is 0 Å². The lowest BCUT2D eigenvalue weighted by Crippen LogP contribution is -2.59. The third kappa shape index (κ3) is 1.41. The van der Waals surface area contributed by atoms with Gasteiger partial charge in [0.25, 0.3) is 0 Å². The van der Waals surface area contributed by atoms with E-state index >= 15 is 0 Å². The fraction of sp³-hybridized carbons (Fsp3) is 0.900. The van der Waals surface area contributed by atoms with Crippen LogP contribution in [0.25, 0.3) is 0 Å². The highest BCUT2D eigenvalue weighted by Gasteiger charge is 2.79. The Balaban J connectivity index is 1.45. The monoisotopic (exact) mass is 332 g/mol. The van der Waals surface area contributed by atoms with Crippen LogP contribution in [-0.4, -0.2) is 36.0 Å². The molecule has 24 heavy (non-hydrogen) atoms. The van der Waals surface area contributed by atoms with Crippen molar-refractivity contribution in [3.8, 4) is 0 Å². The van der Waals surface area contributed by atoms with Crippen molar-refractivity contribution in [2.75, 3.05) is 6.61 Å². The average Bonchev–Trinajstić information content (AvgIpc) is 3.08. The molecular formula is C20H28O4. The molecule has 6 aliphatic rings. The van der Waals surface area contributed by atoms with Gasteiger partial charge in [-0.2, -0.15) is 0 Å². The van der Waals surface area contributed by atoms with Crippen molar-refractivity contribution < 1.29 is 19.3 Å². The number of aliphatic hydroxyl groups excluding tert-OH is 1. The van der Waals surface area contributed by atoms with Gasteiger partial charge in [0.05, 0.1) is 18.8 Å².